The van der Waals surface area contributed by atoms with Gasteiger partial charge < -0.3 is 9.47 Å². The molecule has 1 aliphatic rings. The van der Waals surface area contributed by atoms with Crippen molar-refractivity contribution < 1.29 is 9.47 Å². The van der Waals surface area contributed by atoms with Crippen LogP contribution in [-0.4, -0.2) is 23.9 Å². The quantitative estimate of drug-likeness (QED) is 0.604. The monoisotopic (exact) mass is 425 g/mol. The maximum absolute atomic E-state index is 6.20. The number of thioether (sulfide) groups is 1. The summed E-state index contributed by atoms with van der Waals surface area (Å²) in [5.41, 5.74) is 1.99. The minimum atomic E-state index is 0.382. The van der Waals surface area contributed by atoms with Crippen molar-refractivity contribution in [1.29, 1.82) is 0 Å². The number of halogens is 2. The SMILES string of the molecule is CCOc1cc(C2=NCCS2)cc(Br)c1OCc1ccccc1Cl. The van der Waals surface area contributed by atoms with Gasteiger partial charge in [0, 0.05) is 28.4 Å². The molecule has 3 rings (SSSR count). The van der Waals surface area contributed by atoms with Crippen LogP contribution in [0.2, 0.25) is 5.02 Å². The van der Waals surface area contributed by atoms with E-state index in [0.29, 0.717) is 29.7 Å². The average molecular weight is 427 g/mol. The fourth-order valence-electron chi connectivity index (χ4n) is 2.37. The van der Waals surface area contributed by atoms with Crippen molar-refractivity contribution in [3.8, 4) is 11.5 Å². The second-order valence-corrected chi connectivity index (χ2v) is 7.48. The van der Waals surface area contributed by atoms with Crippen molar-refractivity contribution in [2.24, 2.45) is 4.99 Å². The second kappa shape index (κ2) is 8.28. The third-order valence-electron chi connectivity index (χ3n) is 3.47. The molecule has 126 valence electrons. The molecule has 0 spiro atoms. The van der Waals surface area contributed by atoms with Crippen molar-refractivity contribution in [3.05, 3.63) is 57.0 Å². The molecule has 0 aliphatic carbocycles. The highest BCUT2D eigenvalue weighted by Gasteiger charge is 2.17. The maximum atomic E-state index is 6.20. The highest BCUT2D eigenvalue weighted by molar-refractivity contribution is 9.10. The number of hydrogen-bond acceptors (Lipinski definition) is 4. The first kappa shape index (κ1) is 17.6. The zero-order valence-corrected chi connectivity index (χ0v) is 16.4. The molecule has 0 amide bonds. The molecule has 3 nitrogen and oxygen atoms in total. The summed E-state index contributed by atoms with van der Waals surface area (Å²) >= 11 is 11.6. The minimum absolute atomic E-state index is 0.382. The van der Waals surface area contributed by atoms with Crippen LogP contribution in [0, 0.1) is 0 Å². The number of aliphatic imine (C=N–C) groups is 1. The molecule has 2 aromatic rings. The average Bonchev–Trinajstić information content (AvgIpc) is 3.10. The molecule has 0 unspecified atom stereocenters. The molecule has 0 bridgehead atoms. The van der Waals surface area contributed by atoms with Gasteiger partial charge in [0.2, 0.25) is 0 Å². The molecule has 0 N–H and O–H groups in total. The van der Waals surface area contributed by atoms with Gasteiger partial charge in [-0.15, -0.1) is 11.8 Å². The van der Waals surface area contributed by atoms with Gasteiger partial charge >= 0.3 is 0 Å². The summed E-state index contributed by atoms with van der Waals surface area (Å²) < 4.78 is 12.6. The van der Waals surface area contributed by atoms with Crippen LogP contribution in [0.25, 0.3) is 0 Å². The van der Waals surface area contributed by atoms with Crippen molar-refractivity contribution in [2.75, 3.05) is 18.9 Å². The van der Waals surface area contributed by atoms with Gasteiger partial charge in [0.25, 0.3) is 0 Å². The Kier molecular flexibility index (Phi) is 6.09. The molecule has 0 saturated carbocycles. The molecule has 2 aromatic carbocycles. The first-order chi connectivity index (χ1) is 11.7. The van der Waals surface area contributed by atoms with Crippen molar-refractivity contribution >= 4 is 44.3 Å². The van der Waals surface area contributed by atoms with Crippen LogP contribution >= 0.6 is 39.3 Å². The number of benzene rings is 2. The Morgan fingerprint density at radius 1 is 1.25 bits per heavy atom. The summed E-state index contributed by atoms with van der Waals surface area (Å²) in [6.45, 7) is 3.78. The first-order valence-corrected chi connectivity index (χ1v) is 9.85. The third-order valence-corrected chi connectivity index (χ3v) is 5.45. The van der Waals surface area contributed by atoms with Crippen molar-refractivity contribution in [2.45, 2.75) is 13.5 Å². The predicted octanol–water partition coefficient (Wildman–Crippen LogP) is 5.57. The van der Waals surface area contributed by atoms with E-state index in [1.165, 1.54) is 0 Å². The van der Waals surface area contributed by atoms with Gasteiger partial charge in [0.1, 0.15) is 6.61 Å². The van der Waals surface area contributed by atoms with E-state index in [1.807, 2.05) is 43.3 Å². The number of hydrogen-bond donors (Lipinski definition) is 0. The summed E-state index contributed by atoms with van der Waals surface area (Å²) in [6.07, 6.45) is 0. The Morgan fingerprint density at radius 3 is 2.79 bits per heavy atom. The fraction of sp³-hybridized carbons (Fsp3) is 0.278. The fourth-order valence-corrected chi connectivity index (χ4v) is 3.96. The molecule has 1 aliphatic heterocycles. The molecule has 1 heterocycles. The van der Waals surface area contributed by atoms with Crippen molar-refractivity contribution in [3.63, 3.8) is 0 Å². The number of ether oxygens (including phenoxy) is 2. The molecule has 0 saturated heterocycles. The lowest BCUT2D eigenvalue weighted by atomic mass is 10.2. The minimum Gasteiger partial charge on any atom is -0.490 e. The Hall–Kier alpha value is -1.17. The van der Waals surface area contributed by atoms with Crippen LogP contribution in [0.1, 0.15) is 18.1 Å². The van der Waals surface area contributed by atoms with E-state index in [9.17, 15) is 0 Å². The van der Waals surface area contributed by atoms with E-state index in [2.05, 4.69) is 20.9 Å². The predicted molar refractivity (Wildman–Crippen MR) is 105 cm³/mol. The third kappa shape index (κ3) is 4.08. The summed E-state index contributed by atoms with van der Waals surface area (Å²) in [5.74, 6) is 2.43. The molecular weight excluding hydrogens is 410 g/mol. The topological polar surface area (TPSA) is 30.8 Å². The summed E-state index contributed by atoms with van der Waals surface area (Å²) in [4.78, 5) is 4.53. The van der Waals surface area contributed by atoms with Crippen LogP contribution in [0.5, 0.6) is 11.5 Å². The van der Waals surface area contributed by atoms with Gasteiger partial charge in [-0.25, -0.2) is 0 Å². The van der Waals surface area contributed by atoms with Crippen LogP contribution in [0.4, 0.5) is 0 Å². The van der Waals surface area contributed by atoms with E-state index in [4.69, 9.17) is 21.1 Å². The standard InChI is InChI=1S/C18H17BrClNO2S/c1-2-22-16-10-13(18-21-7-8-24-18)9-14(19)17(16)23-11-12-5-3-4-6-15(12)20/h3-6,9-10H,2,7-8,11H2,1H3. The van der Waals surface area contributed by atoms with Gasteiger partial charge in [-0.05, 0) is 41.1 Å². The lowest BCUT2D eigenvalue weighted by molar-refractivity contribution is 0.267. The van der Waals surface area contributed by atoms with E-state index in [1.54, 1.807) is 11.8 Å². The Bertz CT molecular complexity index is 767. The van der Waals surface area contributed by atoms with Gasteiger partial charge in [-0.3, -0.25) is 4.99 Å². The van der Waals surface area contributed by atoms with Gasteiger partial charge in [-0.2, -0.15) is 0 Å². The van der Waals surface area contributed by atoms with E-state index < -0.39 is 0 Å². The number of rotatable bonds is 6. The van der Waals surface area contributed by atoms with Crippen LogP contribution in [-0.2, 0) is 6.61 Å². The van der Waals surface area contributed by atoms with Crippen LogP contribution in [0.15, 0.2) is 45.9 Å². The van der Waals surface area contributed by atoms with Gasteiger partial charge in [0.15, 0.2) is 11.5 Å². The number of nitrogens with zero attached hydrogens (tertiary/aromatic N) is 1. The molecule has 0 radical (unpaired) electrons. The Morgan fingerprint density at radius 2 is 2.08 bits per heavy atom. The smallest absolute Gasteiger partial charge is 0.175 e. The van der Waals surface area contributed by atoms with E-state index >= 15 is 0 Å². The molecule has 6 heteroatoms. The highest BCUT2D eigenvalue weighted by Crippen LogP contribution is 2.39. The lowest BCUT2D eigenvalue weighted by Crippen LogP contribution is -2.03. The highest BCUT2D eigenvalue weighted by atomic mass is 79.9. The van der Waals surface area contributed by atoms with Crippen LogP contribution in [0.3, 0.4) is 0 Å². The zero-order valence-electron chi connectivity index (χ0n) is 13.2. The van der Waals surface area contributed by atoms with Gasteiger partial charge in [0.05, 0.1) is 16.1 Å². The largest absolute Gasteiger partial charge is 0.490 e. The maximum Gasteiger partial charge on any atom is 0.175 e. The van der Waals surface area contributed by atoms with Crippen molar-refractivity contribution in [1.82, 2.24) is 0 Å². The normalized spacial score (nSPS) is 13.7. The molecule has 0 atom stereocenters. The molecule has 0 fully saturated rings. The Labute approximate surface area is 159 Å². The summed E-state index contributed by atoms with van der Waals surface area (Å²) in [7, 11) is 0. The van der Waals surface area contributed by atoms with Crippen LogP contribution < -0.4 is 9.47 Å². The molecule has 24 heavy (non-hydrogen) atoms. The molecule has 0 aromatic heterocycles. The summed E-state index contributed by atoms with van der Waals surface area (Å²) in [6, 6.07) is 11.7. The Balaban J connectivity index is 1.87. The van der Waals surface area contributed by atoms with E-state index in [0.717, 1.165) is 32.9 Å². The zero-order chi connectivity index (χ0) is 16.9. The van der Waals surface area contributed by atoms with E-state index in [-0.39, 0.29) is 0 Å². The lowest BCUT2D eigenvalue weighted by Gasteiger charge is -2.16. The summed E-state index contributed by atoms with van der Waals surface area (Å²) in [5, 5.41) is 1.74. The molecular formula is C18H17BrClNO2S. The van der Waals surface area contributed by atoms with Gasteiger partial charge in [-0.1, -0.05) is 29.8 Å². The first-order valence-electron chi connectivity index (χ1n) is 7.69. The second-order valence-electron chi connectivity index (χ2n) is 5.13.